The molecule has 4 nitrogen and oxygen atoms in total. The third-order valence-electron chi connectivity index (χ3n) is 3.47. The molecule has 10 heteroatoms. The maximum atomic E-state index is 13.0. The molecule has 0 unspecified atom stereocenters. The van der Waals surface area contributed by atoms with Crippen molar-refractivity contribution in [1.82, 2.24) is 14.4 Å². The van der Waals surface area contributed by atoms with Crippen LogP contribution in [0.3, 0.4) is 0 Å². The number of nitriles is 1. The first-order valence-corrected chi connectivity index (χ1v) is 8.87. The Hall–Kier alpha value is -1.95. The summed E-state index contributed by atoms with van der Waals surface area (Å²) in [4.78, 5) is 7.95. The van der Waals surface area contributed by atoms with E-state index in [1.165, 1.54) is 6.92 Å². The Balaban J connectivity index is 1.93. The summed E-state index contributed by atoms with van der Waals surface area (Å²) in [5, 5.41) is 10.0. The van der Waals surface area contributed by atoms with Crippen molar-refractivity contribution in [2.24, 2.45) is 0 Å². The van der Waals surface area contributed by atoms with Gasteiger partial charge in [-0.15, -0.1) is 0 Å². The van der Waals surface area contributed by atoms with Crippen molar-refractivity contribution in [3.8, 4) is 6.07 Å². The largest absolute Gasteiger partial charge is 0.433 e. The first kappa shape index (κ1) is 18.8. The van der Waals surface area contributed by atoms with Gasteiger partial charge >= 0.3 is 6.18 Å². The van der Waals surface area contributed by atoms with Crippen LogP contribution in [-0.4, -0.2) is 14.4 Å². The van der Waals surface area contributed by atoms with E-state index in [9.17, 15) is 18.4 Å². The molecule has 0 radical (unpaired) electrons. The van der Waals surface area contributed by atoms with E-state index >= 15 is 0 Å². The fraction of sp³-hybridized carbons (Fsp3) is 0.188. The molecule has 0 spiro atoms. The number of imidazole rings is 1. The van der Waals surface area contributed by atoms with Crippen LogP contribution in [0.2, 0.25) is 10.0 Å². The average molecular weight is 417 g/mol. The number of halogens is 5. The highest BCUT2D eigenvalue weighted by atomic mass is 35.5. The summed E-state index contributed by atoms with van der Waals surface area (Å²) in [6, 6.07) is 4.33. The molecule has 0 N–H and O–H groups in total. The summed E-state index contributed by atoms with van der Waals surface area (Å²) in [5.74, 6) is 0.220. The molecule has 0 aliphatic rings. The quantitative estimate of drug-likeness (QED) is 0.526. The minimum Gasteiger partial charge on any atom is -0.304 e. The molecule has 0 aliphatic carbocycles. The van der Waals surface area contributed by atoms with Gasteiger partial charge in [-0.3, -0.25) is 0 Å². The highest BCUT2D eigenvalue weighted by Gasteiger charge is 2.34. The molecule has 3 aromatic heterocycles. The molecular formula is C16H9Cl2F3N4S. The molecule has 26 heavy (non-hydrogen) atoms. The standard InChI is InChI=1S/C16H9Cl2F3N4S/c1-8-2-13(16(19,20)21)24-15(11(8)4-22)26-7-10-6-25-5-9(17)3-12(18)14(25)23-10/h2-3,5-6H,7H2,1H3. The molecule has 3 aromatic rings. The normalized spacial score (nSPS) is 11.7. The van der Waals surface area contributed by atoms with Crippen molar-refractivity contribution in [3.63, 3.8) is 0 Å². The lowest BCUT2D eigenvalue weighted by molar-refractivity contribution is -0.141. The number of hydrogen-bond acceptors (Lipinski definition) is 4. The first-order chi connectivity index (χ1) is 12.2. The number of aromatic nitrogens is 3. The van der Waals surface area contributed by atoms with Crippen LogP contribution in [0.15, 0.2) is 29.6 Å². The van der Waals surface area contributed by atoms with Crippen LogP contribution in [0.25, 0.3) is 5.65 Å². The van der Waals surface area contributed by atoms with Crippen LogP contribution < -0.4 is 0 Å². The zero-order valence-electron chi connectivity index (χ0n) is 13.1. The van der Waals surface area contributed by atoms with Crippen LogP contribution >= 0.6 is 35.0 Å². The van der Waals surface area contributed by atoms with Crippen LogP contribution in [0.5, 0.6) is 0 Å². The lowest BCUT2D eigenvalue weighted by atomic mass is 10.1. The van der Waals surface area contributed by atoms with Crippen molar-refractivity contribution < 1.29 is 13.2 Å². The number of pyridine rings is 2. The highest BCUT2D eigenvalue weighted by Crippen LogP contribution is 2.33. The van der Waals surface area contributed by atoms with Crippen molar-refractivity contribution in [3.05, 3.63) is 57.1 Å². The fourth-order valence-electron chi connectivity index (χ4n) is 2.32. The Labute approximate surface area is 160 Å². The number of fused-ring (bicyclic) bond motifs is 1. The maximum absolute atomic E-state index is 13.0. The maximum Gasteiger partial charge on any atom is 0.433 e. The van der Waals surface area contributed by atoms with Crippen LogP contribution in [0.1, 0.15) is 22.5 Å². The Morgan fingerprint density at radius 3 is 2.62 bits per heavy atom. The lowest BCUT2D eigenvalue weighted by Gasteiger charge is -2.11. The van der Waals surface area contributed by atoms with Gasteiger partial charge in [-0.1, -0.05) is 35.0 Å². The third-order valence-corrected chi connectivity index (χ3v) is 4.96. The molecule has 0 fully saturated rings. The Morgan fingerprint density at radius 2 is 1.96 bits per heavy atom. The van der Waals surface area contributed by atoms with E-state index in [1.54, 1.807) is 22.9 Å². The number of hydrogen-bond donors (Lipinski definition) is 0. The van der Waals surface area contributed by atoms with Gasteiger partial charge in [-0.25, -0.2) is 9.97 Å². The highest BCUT2D eigenvalue weighted by molar-refractivity contribution is 7.98. The van der Waals surface area contributed by atoms with Gasteiger partial charge in [0.05, 0.1) is 21.3 Å². The number of aryl methyl sites for hydroxylation is 1. The topological polar surface area (TPSA) is 54.0 Å². The lowest BCUT2D eigenvalue weighted by Crippen LogP contribution is -2.10. The molecule has 134 valence electrons. The zero-order valence-corrected chi connectivity index (χ0v) is 15.4. The Kier molecular flexibility index (Phi) is 5.06. The second-order valence-electron chi connectivity index (χ2n) is 5.37. The molecule has 0 aromatic carbocycles. The number of nitrogens with zero attached hydrogens (tertiary/aromatic N) is 4. The minimum absolute atomic E-state index is 0.0148. The van der Waals surface area contributed by atoms with Crippen LogP contribution in [0.4, 0.5) is 13.2 Å². The van der Waals surface area contributed by atoms with Crippen molar-refractivity contribution in [2.45, 2.75) is 23.9 Å². The van der Waals surface area contributed by atoms with E-state index in [4.69, 9.17) is 23.2 Å². The number of alkyl halides is 3. The van der Waals surface area contributed by atoms with Gasteiger partial charge in [0.2, 0.25) is 0 Å². The predicted octanol–water partition coefficient (Wildman–Crippen LogP) is 5.53. The van der Waals surface area contributed by atoms with Gasteiger partial charge in [0.1, 0.15) is 16.8 Å². The van der Waals surface area contributed by atoms with E-state index in [2.05, 4.69) is 9.97 Å². The molecule has 0 atom stereocenters. The first-order valence-electron chi connectivity index (χ1n) is 7.13. The van der Waals surface area contributed by atoms with E-state index in [0.717, 1.165) is 17.8 Å². The van der Waals surface area contributed by atoms with Crippen molar-refractivity contribution in [1.29, 1.82) is 5.26 Å². The van der Waals surface area contributed by atoms with E-state index in [1.807, 2.05) is 6.07 Å². The van der Waals surface area contributed by atoms with E-state index in [-0.39, 0.29) is 21.9 Å². The Bertz CT molecular complexity index is 1040. The van der Waals surface area contributed by atoms with Crippen molar-refractivity contribution >= 4 is 40.6 Å². The van der Waals surface area contributed by atoms with Crippen LogP contribution in [-0.2, 0) is 11.9 Å². The minimum atomic E-state index is -4.58. The summed E-state index contributed by atoms with van der Waals surface area (Å²) in [6.45, 7) is 1.45. The zero-order chi connectivity index (χ0) is 19.1. The van der Waals surface area contributed by atoms with Gasteiger partial charge in [-0.05, 0) is 24.6 Å². The second-order valence-corrected chi connectivity index (χ2v) is 7.18. The van der Waals surface area contributed by atoms with E-state index < -0.39 is 11.9 Å². The average Bonchev–Trinajstić information content (AvgIpc) is 2.94. The van der Waals surface area contributed by atoms with Crippen molar-refractivity contribution in [2.75, 3.05) is 0 Å². The predicted molar refractivity (Wildman–Crippen MR) is 93.5 cm³/mol. The third kappa shape index (κ3) is 3.75. The van der Waals surface area contributed by atoms with Crippen LogP contribution in [0, 0.1) is 18.3 Å². The fourth-order valence-corrected chi connectivity index (χ4v) is 3.78. The SMILES string of the molecule is Cc1cc(C(F)(F)F)nc(SCc2cn3cc(Cl)cc(Cl)c3n2)c1C#N. The summed E-state index contributed by atoms with van der Waals surface area (Å²) < 4.78 is 40.5. The van der Waals surface area contributed by atoms with E-state index in [0.29, 0.717) is 21.4 Å². The molecule has 0 saturated heterocycles. The molecule has 0 aliphatic heterocycles. The van der Waals surface area contributed by atoms with Gasteiger partial charge < -0.3 is 4.40 Å². The number of rotatable bonds is 3. The summed E-state index contributed by atoms with van der Waals surface area (Å²) in [6.07, 6.45) is -1.29. The van der Waals surface area contributed by atoms with Gasteiger partial charge in [0, 0.05) is 18.1 Å². The molecular weight excluding hydrogens is 408 g/mol. The summed E-state index contributed by atoms with van der Waals surface area (Å²) in [5.41, 5.74) is 0.372. The molecule has 0 bridgehead atoms. The monoisotopic (exact) mass is 416 g/mol. The molecule has 0 amide bonds. The Morgan fingerprint density at radius 1 is 1.23 bits per heavy atom. The summed E-state index contributed by atoms with van der Waals surface area (Å²) in [7, 11) is 0. The number of thioether (sulfide) groups is 1. The smallest absolute Gasteiger partial charge is 0.304 e. The van der Waals surface area contributed by atoms with Gasteiger partial charge in [0.15, 0.2) is 5.65 Å². The molecule has 3 heterocycles. The summed E-state index contributed by atoms with van der Waals surface area (Å²) >= 11 is 13.0. The molecule has 3 rings (SSSR count). The van der Waals surface area contributed by atoms with Gasteiger partial charge in [-0.2, -0.15) is 18.4 Å². The second kappa shape index (κ2) is 6.99. The van der Waals surface area contributed by atoms with Gasteiger partial charge in [0.25, 0.3) is 0 Å². The molecule has 0 saturated carbocycles.